The first-order valence-electron chi connectivity index (χ1n) is 9.58. The van der Waals surface area contributed by atoms with Crippen molar-refractivity contribution in [2.45, 2.75) is 32.6 Å². The highest BCUT2D eigenvalue weighted by atomic mass is 16.2. The first kappa shape index (κ1) is 17.5. The van der Waals surface area contributed by atoms with Gasteiger partial charge in [0.1, 0.15) is 0 Å². The Labute approximate surface area is 160 Å². The minimum Gasteiger partial charge on any atom is -0.339 e. The Bertz CT molecular complexity index is 923. The number of benzene rings is 1. The zero-order valence-electron chi connectivity index (χ0n) is 15.9. The van der Waals surface area contributed by atoms with Gasteiger partial charge in [-0.1, -0.05) is 30.3 Å². The van der Waals surface area contributed by atoms with E-state index in [2.05, 4.69) is 39.9 Å². The molecule has 1 amide bonds. The lowest BCUT2D eigenvalue weighted by molar-refractivity contribution is 0.0712. The molecule has 0 N–H and O–H groups in total. The van der Waals surface area contributed by atoms with E-state index in [-0.39, 0.29) is 5.91 Å². The molecule has 1 aliphatic heterocycles. The number of aromatic nitrogens is 2. The summed E-state index contributed by atoms with van der Waals surface area (Å²) < 4.78 is 2.11. The number of carbonyl (C=O) groups excluding carboxylic acids is 1. The average Bonchev–Trinajstić information content (AvgIpc) is 3.03. The molecule has 4 heteroatoms. The van der Waals surface area contributed by atoms with E-state index in [4.69, 9.17) is 0 Å². The van der Waals surface area contributed by atoms with Crippen molar-refractivity contribution in [3.63, 3.8) is 0 Å². The maximum absolute atomic E-state index is 13.2. The molecule has 0 bridgehead atoms. The second kappa shape index (κ2) is 7.39. The summed E-state index contributed by atoms with van der Waals surface area (Å²) in [6.07, 6.45) is 5.65. The van der Waals surface area contributed by atoms with E-state index >= 15 is 0 Å². The molecular weight excluding hydrogens is 334 g/mol. The van der Waals surface area contributed by atoms with Gasteiger partial charge >= 0.3 is 0 Å². The topological polar surface area (TPSA) is 38.1 Å². The normalized spacial score (nSPS) is 15.1. The molecule has 1 fully saturated rings. The van der Waals surface area contributed by atoms with Crippen molar-refractivity contribution in [1.82, 2.24) is 14.5 Å². The zero-order valence-corrected chi connectivity index (χ0v) is 15.9. The third-order valence-corrected chi connectivity index (χ3v) is 5.62. The second-order valence-corrected chi connectivity index (χ2v) is 7.31. The summed E-state index contributed by atoms with van der Waals surface area (Å²) in [5, 5.41) is 0. The van der Waals surface area contributed by atoms with Gasteiger partial charge in [0, 0.05) is 30.7 Å². The fourth-order valence-corrected chi connectivity index (χ4v) is 4.17. The Kier molecular flexibility index (Phi) is 4.80. The molecule has 1 aliphatic rings. The highest BCUT2D eigenvalue weighted by molar-refractivity contribution is 5.96. The van der Waals surface area contributed by atoms with Crippen molar-refractivity contribution in [2.75, 3.05) is 13.1 Å². The first-order chi connectivity index (χ1) is 13.1. The van der Waals surface area contributed by atoms with Gasteiger partial charge in [0.15, 0.2) is 0 Å². The van der Waals surface area contributed by atoms with Crippen molar-refractivity contribution in [2.24, 2.45) is 0 Å². The lowest BCUT2D eigenvalue weighted by Crippen LogP contribution is -2.38. The molecule has 0 aliphatic carbocycles. The van der Waals surface area contributed by atoms with Crippen molar-refractivity contribution >= 4 is 5.91 Å². The van der Waals surface area contributed by atoms with E-state index in [0.29, 0.717) is 5.92 Å². The minimum atomic E-state index is 0.143. The van der Waals surface area contributed by atoms with Crippen molar-refractivity contribution in [1.29, 1.82) is 0 Å². The van der Waals surface area contributed by atoms with Crippen molar-refractivity contribution in [3.8, 4) is 5.69 Å². The molecule has 138 valence electrons. The number of pyridine rings is 1. The van der Waals surface area contributed by atoms with E-state index in [1.807, 2.05) is 43.1 Å². The molecular formula is C23H25N3O. The predicted molar refractivity (Wildman–Crippen MR) is 107 cm³/mol. The van der Waals surface area contributed by atoms with Crippen molar-refractivity contribution < 1.29 is 4.79 Å². The Hall–Kier alpha value is -2.88. The predicted octanol–water partition coefficient (Wildman–Crippen LogP) is 4.51. The molecule has 0 saturated carbocycles. The summed E-state index contributed by atoms with van der Waals surface area (Å²) >= 11 is 0. The van der Waals surface area contributed by atoms with Gasteiger partial charge in [-0.15, -0.1) is 0 Å². The largest absolute Gasteiger partial charge is 0.339 e. The van der Waals surface area contributed by atoms with Gasteiger partial charge in [-0.3, -0.25) is 9.78 Å². The number of aryl methyl sites for hydroxylation is 1. The third-order valence-electron chi connectivity index (χ3n) is 5.62. The number of piperidine rings is 1. The van der Waals surface area contributed by atoms with Gasteiger partial charge in [-0.25, -0.2) is 0 Å². The van der Waals surface area contributed by atoms with Crippen LogP contribution >= 0.6 is 0 Å². The summed E-state index contributed by atoms with van der Waals surface area (Å²) in [5.41, 5.74) is 5.22. The maximum Gasteiger partial charge on any atom is 0.255 e. The van der Waals surface area contributed by atoms with E-state index in [9.17, 15) is 4.79 Å². The summed E-state index contributed by atoms with van der Waals surface area (Å²) in [7, 11) is 0. The van der Waals surface area contributed by atoms with Crippen LogP contribution in [0.1, 0.15) is 46.1 Å². The second-order valence-electron chi connectivity index (χ2n) is 7.31. The highest BCUT2D eigenvalue weighted by Crippen LogP contribution is 2.29. The summed E-state index contributed by atoms with van der Waals surface area (Å²) in [5.74, 6) is 0.697. The molecule has 0 spiro atoms. The number of hydrogen-bond acceptors (Lipinski definition) is 2. The Morgan fingerprint density at radius 2 is 1.78 bits per heavy atom. The molecule has 0 radical (unpaired) electrons. The SMILES string of the molecule is Cc1cc(C(=O)N2CCC(c3ccccc3)CC2)c(C)n1-c1cccnc1. The van der Waals surface area contributed by atoms with E-state index in [1.165, 1.54) is 5.56 Å². The van der Waals surface area contributed by atoms with Crippen LogP contribution in [0.5, 0.6) is 0 Å². The van der Waals surface area contributed by atoms with Crippen LogP contribution in [0.2, 0.25) is 0 Å². The standard InChI is InChI=1S/C23H25N3O/c1-17-15-22(18(2)26(17)21-9-6-12-24-16-21)23(27)25-13-10-20(11-14-25)19-7-4-3-5-8-19/h3-9,12,15-16,20H,10-11,13-14H2,1-2H3. The summed E-state index contributed by atoms with van der Waals surface area (Å²) in [4.78, 5) is 19.4. The number of nitrogens with zero attached hydrogens (tertiary/aromatic N) is 3. The van der Waals surface area contributed by atoms with Crippen LogP contribution < -0.4 is 0 Å². The molecule has 1 saturated heterocycles. The Morgan fingerprint density at radius 1 is 1.04 bits per heavy atom. The fourth-order valence-electron chi connectivity index (χ4n) is 4.17. The summed E-state index contributed by atoms with van der Waals surface area (Å²) in [6, 6.07) is 16.6. The molecule has 27 heavy (non-hydrogen) atoms. The molecule has 4 rings (SSSR count). The van der Waals surface area contributed by atoms with Crippen LogP contribution in [-0.2, 0) is 0 Å². The van der Waals surface area contributed by atoms with E-state index in [1.54, 1.807) is 6.20 Å². The third kappa shape index (κ3) is 3.39. The molecule has 2 aromatic heterocycles. The number of carbonyl (C=O) groups is 1. The van der Waals surface area contributed by atoms with Crippen LogP contribution in [-0.4, -0.2) is 33.4 Å². The minimum absolute atomic E-state index is 0.143. The Balaban J connectivity index is 1.51. The maximum atomic E-state index is 13.2. The highest BCUT2D eigenvalue weighted by Gasteiger charge is 2.27. The number of hydrogen-bond donors (Lipinski definition) is 0. The van der Waals surface area contributed by atoms with Gasteiger partial charge in [0.25, 0.3) is 5.91 Å². The van der Waals surface area contributed by atoms with Crippen LogP contribution in [0.15, 0.2) is 60.9 Å². The van der Waals surface area contributed by atoms with Gasteiger partial charge in [0.05, 0.1) is 17.4 Å². The molecule has 0 atom stereocenters. The first-order valence-corrected chi connectivity index (χ1v) is 9.58. The zero-order chi connectivity index (χ0) is 18.8. The van der Waals surface area contributed by atoms with Crippen LogP contribution in [0.25, 0.3) is 5.69 Å². The number of amides is 1. The van der Waals surface area contributed by atoms with E-state index in [0.717, 1.165) is 48.6 Å². The number of rotatable bonds is 3. The fraction of sp³-hybridized carbons (Fsp3) is 0.304. The van der Waals surface area contributed by atoms with E-state index < -0.39 is 0 Å². The van der Waals surface area contributed by atoms with Crippen LogP contribution in [0.3, 0.4) is 0 Å². The summed E-state index contributed by atoms with van der Waals surface area (Å²) in [6.45, 7) is 5.69. The molecule has 3 aromatic rings. The van der Waals surface area contributed by atoms with Gasteiger partial charge < -0.3 is 9.47 Å². The van der Waals surface area contributed by atoms with Crippen molar-refractivity contribution in [3.05, 3.63) is 83.4 Å². The quantitative estimate of drug-likeness (QED) is 0.690. The average molecular weight is 359 g/mol. The molecule has 1 aromatic carbocycles. The van der Waals surface area contributed by atoms with Gasteiger partial charge in [-0.05, 0) is 56.4 Å². The molecule has 3 heterocycles. The molecule has 4 nitrogen and oxygen atoms in total. The number of likely N-dealkylation sites (tertiary alicyclic amines) is 1. The van der Waals surface area contributed by atoms with Gasteiger partial charge in [0.2, 0.25) is 0 Å². The van der Waals surface area contributed by atoms with Crippen LogP contribution in [0, 0.1) is 13.8 Å². The molecule has 0 unspecified atom stereocenters. The van der Waals surface area contributed by atoms with Gasteiger partial charge in [-0.2, -0.15) is 0 Å². The lowest BCUT2D eigenvalue weighted by atomic mass is 9.89. The monoisotopic (exact) mass is 359 g/mol. The Morgan fingerprint density at radius 3 is 2.44 bits per heavy atom. The smallest absolute Gasteiger partial charge is 0.255 e. The van der Waals surface area contributed by atoms with Crippen LogP contribution in [0.4, 0.5) is 0 Å². The lowest BCUT2D eigenvalue weighted by Gasteiger charge is -2.32.